The lowest BCUT2D eigenvalue weighted by Gasteiger charge is -2.18. The normalized spacial score (nSPS) is 11.1. The molecular formula is C22H24N4O3S2. The molecule has 31 heavy (non-hydrogen) atoms. The highest BCUT2D eigenvalue weighted by Crippen LogP contribution is 2.27. The molecule has 1 heterocycles. The molecule has 3 aromatic rings. The van der Waals surface area contributed by atoms with E-state index in [4.69, 9.17) is 4.74 Å². The summed E-state index contributed by atoms with van der Waals surface area (Å²) in [7, 11) is 1.59. The molecule has 2 N–H and O–H groups in total. The molecule has 2 aromatic carbocycles. The molecule has 1 aromatic heterocycles. The van der Waals surface area contributed by atoms with Crippen LogP contribution in [0.25, 0.3) is 0 Å². The summed E-state index contributed by atoms with van der Waals surface area (Å²) in [5, 5.41) is 14.0. The van der Waals surface area contributed by atoms with Gasteiger partial charge in [-0.15, -0.1) is 10.2 Å². The number of thioether (sulfide) groups is 1. The van der Waals surface area contributed by atoms with Crippen LogP contribution in [0.2, 0.25) is 0 Å². The van der Waals surface area contributed by atoms with Gasteiger partial charge in [-0.2, -0.15) is 0 Å². The van der Waals surface area contributed by atoms with Gasteiger partial charge in [0.25, 0.3) is 5.91 Å². The average Bonchev–Trinajstić information content (AvgIpc) is 3.19. The number of carbonyl (C=O) groups is 2. The first-order valence-electron chi connectivity index (χ1n) is 9.57. The molecule has 0 saturated heterocycles. The predicted molar refractivity (Wildman–Crippen MR) is 125 cm³/mol. The Hall–Kier alpha value is -2.91. The minimum atomic E-state index is -0.245. The van der Waals surface area contributed by atoms with Gasteiger partial charge < -0.3 is 10.1 Å². The number of benzene rings is 2. The second kappa shape index (κ2) is 9.93. The van der Waals surface area contributed by atoms with Crippen LogP contribution in [0.15, 0.2) is 52.9 Å². The summed E-state index contributed by atoms with van der Waals surface area (Å²) >= 11 is 2.49. The van der Waals surface area contributed by atoms with E-state index in [1.54, 1.807) is 43.5 Å². The minimum absolute atomic E-state index is 0.0278. The van der Waals surface area contributed by atoms with E-state index in [1.807, 2.05) is 12.1 Å². The largest absolute Gasteiger partial charge is 0.497 e. The minimum Gasteiger partial charge on any atom is -0.497 e. The van der Waals surface area contributed by atoms with Gasteiger partial charge >= 0.3 is 0 Å². The van der Waals surface area contributed by atoms with Crippen LogP contribution >= 0.6 is 23.1 Å². The van der Waals surface area contributed by atoms with Crippen LogP contribution in [0.3, 0.4) is 0 Å². The molecule has 0 aliphatic rings. The van der Waals surface area contributed by atoms with Gasteiger partial charge in [-0.1, -0.05) is 56.0 Å². The predicted octanol–water partition coefficient (Wildman–Crippen LogP) is 4.83. The Balaban J connectivity index is 1.50. The highest BCUT2D eigenvalue weighted by Gasteiger charge is 2.15. The smallest absolute Gasteiger partial charge is 0.257 e. The standard InChI is InChI=1S/C22H24N4O3S2/c1-22(2,3)15-7-5-14(6-8-15)19(28)24-20-25-26-21(31-20)30-13-18(27)23-16-9-11-17(29-4)12-10-16/h5-12H,13H2,1-4H3,(H,23,27)(H,24,25,28). The van der Waals surface area contributed by atoms with Crippen LogP contribution in [0.5, 0.6) is 5.75 Å². The van der Waals surface area contributed by atoms with Gasteiger partial charge in [-0.25, -0.2) is 0 Å². The molecule has 0 fully saturated rings. The van der Waals surface area contributed by atoms with Crippen molar-refractivity contribution in [3.63, 3.8) is 0 Å². The molecule has 0 spiro atoms. The second-order valence-electron chi connectivity index (χ2n) is 7.72. The van der Waals surface area contributed by atoms with E-state index in [-0.39, 0.29) is 23.0 Å². The zero-order valence-electron chi connectivity index (χ0n) is 17.8. The number of ether oxygens (including phenoxy) is 1. The molecule has 0 atom stereocenters. The number of nitrogens with one attached hydrogen (secondary N) is 2. The molecule has 162 valence electrons. The summed E-state index contributed by atoms with van der Waals surface area (Å²) in [6.07, 6.45) is 0. The zero-order chi connectivity index (χ0) is 22.4. The lowest BCUT2D eigenvalue weighted by molar-refractivity contribution is -0.113. The fourth-order valence-corrected chi connectivity index (χ4v) is 4.16. The average molecular weight is 457 g/mol. The maximum Gasteiger partial charge on any atom is 0.257 e. The summed E-state index contributed by atoms with van der Waals surface area (Å²) in [6, 6.07) is 14.6. The molecule has 7 nitrogen and oxygen atoms in total. The maximum atomic E-state index is 12.4. The van der Waals surface area contributed by atoms with Crippen LogP contribution in [0.1, 0.15) is 36.7 Å². The molecular weight excluding hydrogens is 432 g/mol. The van der Waals surface area contributed by atoms with Crippen molar-refractivity contribution in [1.82, 2.24) is 10.2 Å². The van der Waals surface area contributed by atoms with Crippen LogP contribution in [0.4, 0.5) is 10.8 Å². The quantitative estimate of drug-likeness (QED) is 0.391. The summed E-state index contributed by atoms with van der Waals surface area (Å²) in [6.45, 7) is 6.37. The SMILES string of the molecule is COc1ccc(NC(=O)CSc2nnc(NC(=O)c3ccc(C(C)(C)C)cc3)s2)cc1. The summed E-state index contributed by atoms with van der Waals surface area (Å²) in [5.41, 5.74) is 2.43. The third-order valence-electron chi connectivity index (χ3n) is 4.34. The van der Waals surface area contributed by atoms with E-state index < -0.39 is 0 Å². The van der Waals surface area contributed by atoms with Gasteiger partial charge in [-0.05, 0) is 47.4 Å². The molecule has 0 aliphatic carbocycles. The summed E-state index contributed by atoms with van der Waals surface area (Å²) in [4.78, 5) is 24.6. The second-order valence-corrected chi connectivity index (χ2v) is 9.92. The Morgan fingerprint density at radius 3 is 2.29 bits per heavy atom. The van der Waals surface area contributed by atoms with Gasteiger partial charge in [0.2, 0.25) is 11.0 Å². The summed E-state index contributed by atoms with van der Waals surface area (Å²) in [5.74, 6) is 0.504. The van der Waals surface area contributed by atoms with E-state index in [2.05, 4.69) is 41.6 Å². The number of nitrogens with zero attached hydrogens (tertiary/aromatic N) is 2. The topological polar surface area (TPSA) is 93.2 Å². The number of rotatable bonds is 7. The number of anilines is 2. The van der Waals surface area contributed by atoms with Crippen molar-refractivity contribution in [3.05, 3.63) is 59.7 Å². The monoisotopic (exact) mass is 456 g/mol. The Bertz CT molecular complexity index is 1040. The first-order valence-corrected chi connectivity index (χ1v) is 11.4. The first-order chi connectivity index (χ1) is 14.7. The number of amides is 2. The third-order valence-corrected chi connectivity index (χ3v) is 6.31. The van der Waals surface area contributed by atoms with Crippen molar-refractivity contribution in [2.45, 2.75) is 30.5 Å². The lowest BCUT2D eigenvalue weighted by atomic mass is 9.87. The molecule has 3 rings (SSSR count). The van der Waals surface area contributed by atoms with E-state index in [9.17, 15) is 9.59 Å². The van der Waals surface area contributed by atoms with Gasteiger partial charge in [-0.3, -0.25) is 14.9 Å². The van der Waals surface area contributed by atoms with Gasteiger partial charge in [0.15, 0.2) is 4.34 Å². The van der Waals surface area contributed by atoms with E-state index in [1.165, 1.54) is 23.1 Å². The summed E-state index contributed by atoms with van der Waals surface area (Å²) < 4.78 is 5.70. The Labute approximate surface area is 189 Å². The third kappa shape index (κ3) is 6.53. The van der Waals surface area contributed by atoms with Crippen LogP contribution < -0.4 is 15.4 Å². The van der Waals surface area contributed by atoms with E-state index in [0.717, 1.165) is 11.3 Å². The number of hydrogen-bond donors (Lipinski definition) is 2. The first kappa shape index (κ1) is 22.8. The fraction of sp³-hybridized carbons (Fsp3) is 0.273. The molecule has 0 saturated carbocycles. The van der Waals surface area contributed by atoms with Crippen molar-refractivity contribution in [3.8, 4) is 5.75 Å². The van der Waals surface area contributed by atoms with Gasteiger partial charge in [0.05, 0.1) is 12.9 Å². The molecule has 2 amide bonds. The van der Waals surface area contributed by atoms with Crippen LogP contribution in [-0.4, -0.2) is 34.9 Å². The highest BCUT2D eigenvalue weighted by atomic mass is 32.2. The van der Waals surface area contributed by atoms with Crippen LogP contribution in [0, 0.1) is 0 Å². The van der Waals surface area contributed by atoms with E-state index in [0.29, 0.717) is 20.7 Å². The zero-order valence-corrected chi connectivity index (χ0v) is 19.4. The fourth-order valence-electron chi connectivity index (χ4n) is 2.61. The van der Waals surface area contributed by atoms with Crippen molar-refractivity contribution < 1.29 is 14.3 Å². The van der Waals surface area contributed by atoms with Crippen molar-refractivity contribution in [2.24, 2.45) is 0 Å². The Kier molecular flexibility index (Phi) is 7.29. The van der Waals surface area contributed by atoms with Crippen LogP contribution in [-0.2, 0) is 10.2 Å². The van der Waals surface area contributed by atoms with E-state index >= 15 is 0 Å². The van der Waals surface area contributed by atoms with Crippen molar-refractivity contribution in [1.29, 1.82) is 0 Å². The molecule has 0 unspecified atom stereocenters. The number of carbonyl (C=O) groups excluding carboxylic acids is 2. The Morgan fingerprint density at radius 2 is 1.68 bits per heavy atom. The molecule has 0 radical (unpaired) electrons. The number of hydrogen-bond acceptors (Lipinski definition) is 7. The van der Waals surface area contributed by atoms with Crippen molar-refractivity contribution >= 4 is 45.7 Å². The molecule has 0 aliphatic heterocycles. The maximum absolute atomic E-state index is 12.4. The number of methoxy groups -OCH3 is 1. The molecule has 9 heteroatoms. The Morgan fingerprint density at radius 1 is 1.00 bits per heavy atom. The molecule has 0 bridgehead atoms. The highest BCUT2D eigenvalue weighted by molar-refractivity contribution is 8.01. The van der Waals surface area contributed by atoms with Gasteiger partial charge in [0, 0.05) is 11.3 Å². The van der Waals surface area contributed by atoms with Gasteiger partial charge in [0.1, 0.15) is 5.75 Å². The number of aromatic nitrogens is 2. The lowest BCUT2D eigenvalue weighted by Crippen LogP contribution is -2.14. The van der Waals surface area contributed by atoms with Crippen molar-refractivity contribution in [2.75, 3.05) is 23.5 Å².